The third-order valence-corrected chi connectivity index (χ3v) is 4.98. The maximum absolute atomic E-state index is 13.4. The fraction of sp³-hybridized carbons (Fsp3) is 0.381. The lowest BCUT2D eigenvalue weighted by atomic mass is 9.83. The van der Waals surface area contributed by atoms with E-state index < -0.39 is 12.0 Å². The summed E-state index contributed by atoms with van der Waals surface area (Å²) in [6.45, 7) is 1.11. The van der Waals surface area contributed by atoms with Crippen LogP contribution in [-0.4, -0.2) is 42.0 Å². The molecule has 3 rings (SSSR count). The Balaban J connectivity index is 1.82. The Labute approximate surface area is 163 Å². The number of carbonyl (C=O) groups excluding carboxylic acids is 2. The topological polar surface area (TPSA) is 71.5 Å². The largest absolute Gasteiger partial charge is 0.383 e. The van der Waals surface area contributed by atoms with Crippen LogP contribution in [0.3, 0.4) is 0 Å². The van der Waals surface area contributed by atoms with Crippen LogP contribution in [0, 0.1) is 11.7 Å². The monoisotopic (exact) mass is 385 g/mol. The number of aromatic nitrogens is 1. The summed E-state index contributed by atoms with van der Waals surface area (Å²) in [5.74, 6) is -0.931. The van der Waals surface area contributed by atoms with Crippen LogP contribution in [0.2, 0.25) is 0 Å². The molecule has 2 amide bonds. The lowest BCUT2D eigenvalue weighted by molar-refractivity contribution is -0.144. The van der Waals surface area contributed by atoms with E-state index in [0.717, 1.165) is 11.1 Å². The molecule has 1 aliphatic heterocycles. The number of carbonyl (C=O) groups is 2. The van der Waals surface area contributed by atoms with Crippen LogP contribution < -0.4 is 5.32 Å². The molecule has 2 heterocycles. The van der Waals surface area contributed by atoms with E-state index in [9.17, 15) is 14.0 Å². The molecule has 2 aromatic rings. The fourth-order valence-corrected chi connectivity index (χ4v) is 3.58. The van der Waals surface area contributed by atoms with Crippen molar-refractivity contribution in [3.8, 4) is 0 Å². The van der Waals surface area contributed by atoms with Crippen molar-refractivity contribution in [2.24, 2.45) is 5.92 Å². The number of ether oxygens (including phenoxy) is 1. The molecule has 0 aliphatic carbocycles. The van der Waals surface area contributed by atoms with E-state index in [1.165, 1.54) is 12.1 Å². The number of nitrogens with one attached hydrogen (secondary N) is 1. The molecule has 0 unspecified atom stereocenters. The minimum Gasteiger partial charge on any atom is -0.383 e. The molecule has 0 bridgehead atoms. The molecule has 28 heavy (non-hydrogen) atoms. The number of piperidine rings is 1. The van der Waals surface area contributed by atoms with Crippen molar-refractivity contribution in [2.45, 2.75) is 25.4 Å². The highest BCUT2D eigenvalue weighted by atomic mass is 19.1. The third-order valence-electron chi connectivity index (χ3n) is 4.98. The summed E-state index contributed by atoms with van der Waals surface area (Å²) in [6, 6.07) is 9.24. The van der Waals surface area contributed by atoms with Gasteiger partial charge in [-0.1, -0.05) is 18.2 Å². The molecule has 6 nitrogen and oxygen atoms in total. The highest BCUT2D eigenvalue weighted by molar-refractivity contribution is 5.85. The number of hydrogen-bond acceptors (Lipinski definition) is 4. The number of methoxy groups -OCH3 is 1. The minimum atomic E-state index is -0.453. The van der Waals surface area contributed by atoms with Gasteiger partial charge in [0.25, 0.3) is 0 Å². The van der Waals surface area contributed by atoms with Gasteiger partial charge < -0.3 is 15.0 Å². The molecule has 1 aliphatic rings. The van der Waals surface area contributed by atoms with E-state index in [-0.39, 0.29) is 17.6 Å². The van der Waals surface area contributed by atoms with Gasteiger partial charge in [-0.25, -0.2) is 4.39 Å². The predicted molar refractivity (Wildman–Crippen MR) is 102 cm³/mol. The van der Waals surface area contributed by atoms with Gasteiger partial charge in [-0.3, -0.25) is 14.6 Å². The SMILES string of the molecule is COCCN1C(=O)CC[C@@H](C(=O)NCc2cccnc2)[C@@H]1c1ccc(F)cc1. The van der Waals surface area contributed by atoms with Gasteiger partial charge in [0.15, 0.2) is 0 Å². The number of amides is 2. The van der Waals surface area contributed by atoms with Gasteiger partial charge in [0, 0.05) is 39.0 Å². The average molecular weight is 385 g/mol. The summed E-state index contributed by atoms with van der Waals surface area (Å²) in [5, 5.41) is 2.95. The van der Waals surface area contributed by atoms with E-state index in [2.05, 4.69) is 10.3 Å². The van der Waals surface area contributed by atoms with Gasteiger partial charge >= 0.3 is 0 Å². The van der Waals surface area contributed by atoms with Crippen LogP contribution in [0.15, 0.2) is 48.8 Å². The van der Waals surface area contributed by atoms with Crippen LogP contribution in [0.4, 0.5) is 4.39 Å². The smallest absolute Gasteiger partial charge is 0.225 e. The molecule has 0 saturated carbocycles. The molecule has 1 aromatic heterocycles. The van der Waals surface area contributed by atoms with Gasteiger partial charge in [0.05, 0.1) is 18.6 Å². The Morgan fingerprint density at radius 1 is 1.32 bits per heavy atom. The molecule has 1 N–H and O–H groups in total. The van der Waals surface area contributed by atoms with E-state index in [1.54, 1.807) is 36.5 Å². The van der Waals surface area contributed by atoms with Crippen LogP contribution >= 0.6 is 0 Å². The van der Waals surface area contributed by atoms with Crippen molar-refractivity contribution in [3.63, 3.8) is 0 Å². The minimum absolute atomic E-state index is 0.0253. The zero-order valence-electron chi connectivity index (χ0n) is 15.8. The van der Waals surface area contributed by atoms with Gasteiger partial charge in [0.1, 0.15) is 5.82 Å². The van der Waals surface area contributed by atoms with Crippen molar-refractivity contribution in [2.75, 3.05) is 20.3 Å². The molecule has 7 heteroatoms. The van der Waals surface area contributed by atoms with Crippen molar-refractivity contribution >= 4 is 11.8 Å². The molecule has 2 atom stereocenters. The van der Waals surface area contributed by atoms with E-state index in [0.29, 0.717) is 32.5 Å². The Kier molecular flexibility index (Phi) is 6.71. The first kappa shape index (κ1) is 19.9. The summed E-state index contributed by atoms with van der Waals surface area (Å²) in [7, 11) is 1.57. The third kappa shape index (κ3) is 4.72. The molecular weight excluding hydrogens is 361 g/mol. The highest BCUT2D eigenvalue weighted by Gasteiger charge is 2.40. The normalized spacial score (nSPS) is 19.5. The van der Waals surface area contributed by atoms with Crippen LogP contribution in [-0.2, 0) is 20.9 Å². The standard InChI is InChI=1S/C21H24FN3O3/c1-28-12-11-25-19(26)9-8-18(20(25)16-4-6-17(22)7-5-16)21(27)24-14-15-3-2-10-23-13-15/h2-7,10,13,18,20H,8-9,11-12,14H2,1H3,(H,24,27)/t18-,20+/m1/s1. The first-order chi connectivity index (χ1) is 13.6. The molecule has 1 saturated heterocycles. The number of hydrogen-bond donors (Lipinski definition) is 1. The van der Waals surface area contributed by atoms with Crippen molar-refractivity contribution in [1.82, 2.24) is 15.2 Å². The Bertz CT molecular complexity index is 798. The van der Waals surface area contributed by atoms with Gasteiger partial charge in [-0.2, -0.15) is 0 Å². The summed E-state index contributed by atoms with van der Waals surface area (Å²) in [4.78, 5) is 31.3. The maximum atomic E-state index is 13.4. The van der Waals surface area contributed by atoms with Crippen LogP contribution in [0.25, 0.3) is 0 Å². The first-order valence-electron chi connectivity index (χ1n) is 9.30. The Morgan fingerprint density at radius 3 is 2.79 bits per heavy atom. The quantitative estimate of drug-likeness (QED) is 0.795. The van der Waals surface area contributed by atoms with E-state index >= 15 is 0 Å². The second kappa shape index (κ2) is 9.41. The predicted octanol–water partition coefficient (Wildman–Crippen LogP) is 2.46. The number of halogens is 1. The number of benzene rings is 1. The molecule has 1 aromatic carbocycles. The molecule has 148 valence electrons. The van der Waals surface area contributed by atoms with E-state index in [4.69, 9.17) is 4.74 Å². The molecular formula is C21H24FN3O3. The number of pyridine rings is 1. The van der Waals surface area contributed by atoms with E-state index in [1.807, 2.05) is 12.1 Å². The molecule has 1 fully saturated rings. The summed E-state index contributed by atoms with van der Waals surface area (Å²) < 4.78 is 18.5. The highest BCUT2D eigenvalue weighted by Crippen LogP contribution is 2.37. The number of likely N-dealkylation sites (tertiary alicyclic amines) is 1. The van der Waals surface area contributed by atoms with Crippen LogP contribution in [0.1, 0.15) is 30.0 Å². The average Bonchev–Trinajstić information content (AvgIpc) is 2.72. The zero-order chi connectivity index (χ0) is 19.9. The number of rotatable bonds is 7. The summed E-state index contributed by atoms with van der Waals surface area (Å²) in [6.07, 6.45) is 4.12. The Morgan fingerprint density at radius 2 is 2.11 bits per heavy atom. The lowest BCUT2D eigenvalue weighted by Crippen LogP contribution is -2.49. The zero-order valence-corrected chi connectivity index (χ0v) is 15.8. The maximum Gasteiger partial charge on any atom is 0.225 e. The molecule has 0 radical (unpaired) electrons. The summed E-state index contributed by atoms with van der Waals surface area (Å²) in [5.41, 5.74) is 1.64. The van der Waals surface area contributed by atoms with Crippen LogP contribution in [0.5, 0.6) is 0 Å². The second-order valence-electron chi connectivity index (χ2n) is 6.80. The molecule has 0 spiro atoms. The van der Waals surface area contributed by atoms with Gasteiger partial charge in [-0.15, -0.1) is 0 Å². The van der Waals surface area contributed by atoms with Crippen molar-refractivity contribution in [3.05, 3.63) is 65.7 Å². The fourth-order valence-electron chi connectivity index (χ4n) is 3.58. The van der Waals surface area contributed by atoms with Gasteiger partial charge in [-0.05, 0) is 35.7 Å². The Hall–Kier alpha value is -2.80. The number of nitrogens with zero attached hydrogens (tertiary/aromatic N) is 2. The summed E-state index contributed by atoms with van der Waals surface area (Å²) >= 11 is 0. The lowest BCUT2D eigenvalue weighted by Gasteiger charge is -2.40. The van der Waals surface area contributed by atoms with Gasteiger partial charge in [0.2, 0.25) is 11.8 Å². The van der Waals surface area contributed by atoms with Crippen molar-refractivity contribution < 1.29 is 18.7 Å². The van der Waals surface area contributed by atoms with Crippen molar-refractivity contribution in [1.29, 1.82) is 0 Å². The second-order valence-corrected chi connectivity index (χ2v) is 6.80. The first-order valence-corrected chi connectivity index (χ1v) is 9.30.